The van der Waals surface area contributed by atoms with Crippen molar-refractivity contribution in [1.82, 2.24) is 4.68 Å². The Morgan fingerprint density at radius 1 is 1.25 bits per heavy atom. The van der Waals surface area contributed by atoms with Gasteiger partial charge in [-0.25, -0.2) is 4.79 Å². The first-order chi connectivity index (χ1) is 15.2. The van der Waals surface area contributed by atoms with Crippen molar-refractivity contribution in [3.63, 3.8) is 0 Å². The van der Waals surface area contributed by atoms with Crippen molar-refractivity contribution in [2.45, 2.75) is 51.5 Å². The maximum Gasteiger partial charge on any atom is 0.389 e. The van der Waals surface area contributed by atoms with Gasteiger partial charge in [0, 0.05) is 24.9 Å². The molecule has 0 amide bonds. The van der Waals surface area contributed by atoms with Crippen LogP contribution in [-0.4, -0.2) is 43.1 Å². The molecule has 1 aromatic heterocycles. The highest BCUT2D eigenvalue weighted by Gasteiger charge is 2.45. The Morgan fingerprint density at radius 3 is 2.75 bits per heavy atom. The standard InChI is InChI=1S/C23H26F2N2O5/c1-23(2)7-6-18-16-10-14(13-31-9-8-30-3)4-5-15(16)19-11-20(28)17(12-26(19)27(18)23)21(29)32-22(24)25/h4-5,10-12,18,22H,6-9,13H2,1-3H3. The van der Waals surface area contributed by atoms with Crippen LogP contribution in [0, 0.1) is 0 Å². The lowest BCUT2D eigenvalue weighted by Crippen LogP contribution is -2.50. The summed E-state index contributed by atoms with van der Waals surface area (Å²) in [5.74, 6) is -1.33. The van der Waals surface area contributed by atoms with Gasteiger partial charge in [-0.15, -0.1) is 0 Å². The van der Waals surface area contributed by atoms with E-state index in [4.69, 9.17) is 9.47 Å². The highest BCUT2D eigenvalue weighted by atomic mass is 19.3. The quantitative estimate of drug-likeness (QED) is 0.476. The molecule has 172 valence electrons. The molecule has 3 heterocycles. The Labute approximate surface area is 184 Å². The molecule has 0 spiro atoms. The number of pyridine rings is 1. The van der Waals surface area contributed by atoms with Gasteiger partial charge in [-0.1, -0.05) is 18.2 Å². The summed E-state index contributed by atoms with van der Waals surface area (Å²) in [5.41, 5.74) is 2.22. The Bertz CT molecular complexity index is 1080. The lowest BCUT2D eigenvalue weighted by Gasteiger charge is -2.44. The first-order valence-corrected chi connectivity index (χ1v) is 10.5. The van der Waals surface area contributed by atoms with Crippen LogP contribution in [-0.2, 0) is 20.8 Å². The highest BCUT2D eigenvalue weighted by molar-refractivity contribution is 5.89. The summed E-state index contributed by atoms with van der Waals surface area (Å²) in [6.45, 7) is 2.32. The number of methoxy groups -OCH3 is 1. The minimum absolute atomic E-state index is 0.00731. The summed E-state index contributed by atoms with van der Waals surface area (Å²) in [5, 5.41) is 2.11. The molecule has 0 saturated carbocycles. The summed E-state index contributed by atoms with van der Waals surface area (Å²) in [6.07, 6.45) is 3.08. The predicted octanol–water partition coefficient (Wildman–Crippen LogP) is 3.62. The number of fused-ring (bicyclic) bond motifs is 6. The lowest BCUT2D eigenvalue weighted by atomic mass is 9.92. The fraction of sp³-hybridized carbons (Fsp3) is 0.478. The van der Waals surface area contributed by atoms with Gasteiger partial charge < -0.3 is 14.2 Å². The summed E-state index contributed by atoms with van der Waals surface area (Å²) in [4.78, 5) is 24.7. The van der Waals surface area contributed by atoms with Gasteiger partial charge >= 0.3 is 12.6 Å². The zero-order valence-electron chi connectivity index (χ0n) is 18.3. The maximum atomic E-state index is 12.6. The number of ether oxygens (including phenoxy) is 3. The van der Waals surface area contributed by atoms with Crippen LogP contribution < -0.4 is 10.4 Å². The number of esters is 1. The molecule has 0 aliphatic carbocycles. The van der Waals surface area contributed by atoms with E-state index in [1.165, 1.54) is 12.3 Å². The van der Waals surface area contributed by atoms with Gasteiger partial charge in [-0.2, -0.15) is 8.78 Å². The van der Waals surface area contributed by atoms with Crippen molar-refractivity contribution in [1.29, 1.82) is 0 Å². The second kappa shape index (κ2) is 8.63. The molecule has 1 unspecified atom stereocenters. The second-order valence-corrected chi connectivity index (χ2v) is 8.63. The predicted molar refractivity (Wildman–Crippen MR) is 113 cm³/mol. The molecule has 1 aromatic carbocycles. The van der Waals surface area contributed by atoms with Crippen molar-refractivity contribution < 1.29 is 27.8 Å². The van der Waals surface area contributed by atoms with Crippen LogP contribution in [0.15, 0.2) is 35.3 Å². The molecule has 0 N–H and O–H groups in total. The number of hydrogen-bond donors (Lipinski definition) is 0. The molecule has 2 aromatic rings. The second-order valence-electron chi connectivity index (χ2n) is 8.63. The van der Waals surface area contributed by atoms with Crippen molar-refractivity contribution in [2.24, 2.45) is 0 Å². The third-order valence-electron chi connectivity index (χ3n) is 6.08. The van der Waals surface area contributed by atoms with E-state index in [2.05, 4.69) is 29.7 Å². The van der Waals surface area contributed by atoms with E-state index in [0.29, 0.717) is 25.5 Å². The zero-order valence-corrected chi connectivity index (χ0v) is 18.3. The van der Waals surface area contributed by atoms with Crippen LogP contribution >= 0.6 is 0 Å². The monoisotopic (exact) mass is 448 g/mol. The van der Waals surface area contributed by atoms with E-state index in [-0.39, 0.29) is 11.6 Å². The molecule has 0 bridgehead atoms. The smallest absolute Gasteiger partial charge is 0.389 e. The molecule has 2 aliphatic heterocycles. The number of carbonyl (C=O) groups is 1. The maximum absolute atomic E-state index is 12.6. The number of hydrogen-bond acceptors (Lipinski definition) is 6. The number of carbonyl (C=O) groups excluding carboxylic acids is 1. The zero-order chi connectivity index (χ0) is 23.0. The van der Waals surface area contributed by atoms with Gasteiger partial charge in [-0.05, 0) is 37.8 Å². The van der Waals surface area contributed by atoms with Gasteiger partial charge in [0.1, 0.15) is 5.56 Å². The minimum atomic E-state index is -3.29. The largest absolute Gasteiger partial charge is 0.399 e. The Kier molecular flexibility index (Phi) is 6.05. The highest BCUT2D eigenvalue weighted by Crippen LogP contribution is 2.48. The molecule has 7 nitrogen and oxygen atoms in total. The average Bonchev–Trinajstić information content (AvgIpc) is 3.06. The van der Waals surface area contributed by atoms with E-state index in [1.54, 1.807) is 11.8 Å². The van der Waals surface area contributed by atoms with Gasteiger partial charge in [0.15, 0.2) is 5.43 Å². The van der Waals surface area contributed by atoms with Crippen LogP contribution in [0.25, 0.3) is 11.3 Å². The van der Waals surface area contributed by atoms with Crippen LogP contribution in [0.2, 0.25) is 0 Å². The summed E-state index contributed by atoms with van der Waals surface area (Å²) >= 11 is 0. The Balaban J connectivity index is 1.79. The molecule has 4 rings (SSSR count). The van der Waals surface area contributed by atoms with E-state index >= 15 is 0 Å². The topological polar surface area (TPSA) is 70.0 Å². The van der Waals surface area contributed by atoms with Gasteiger partial charge in [0.05, 0.1) is 37.1 Å². The van der Waals surface area contributed by atoms with E-state index < -0.39 is 23.6 Å². The van der Waals surface area contributed by atoms with Gasteiger partial charge in [0.25, 0.3) is 0 Å². The van der Waals surface area contributed by atoms with Gasteiger partial charge in [-0.3, -0.25) is 14.5 Å². The third-order valence-corrected chi connectivity index (χ3v) is 6.08. The molecule has 2 aliphatic rings. The third kappa shape index (κ3) is 4.02. The Hall–Kier alpha value is -2.78. The number of alkyl halides is 2. The summed E-state index contributed by atoms with van der Waals surface area (Å²) < 4.78 is 41.5. The van der Waals surface area contributed by atoms with Crippen LogP contribution in [0.3, 0.4) is 0 Å². The first-order valence-electron chi connectivity index (χ1n) is 10.5. The van der Waals surface area contributed by atoms with Crippen molar-refractivity contribution in [2.75, 3.05) is 25.3 Å². The van der Waals surface area contributed by atoms with Crippen molar-refractivity contribution in [3.8, 4) is 11.3 Å². The molecule has 32 heavy (non-hydrogen) atoms. The molecule has 1 atom stereocenters. The van der Waals surface area contributed by atoms with Crippen LogP contribution in [0.5, 0.6) is 0 Å². The van der Waals surface area contributed by atoms with Crippen molar-refractivity contribution in [3.05, 3.63) is 57.4 Å². The summed E-state index contributed by atoms with van der Waals surface area (Å²) in [7, 11) is 1.62. The Morgan fingerprint density at radius 2 is 2.03 bits per heavy atom. The fourth-order valence-electron chi connectivity index (χ4n) is 4.62. The molecule has 1 saturated heterocycles. The number of halogens is 2. The number of nitrogens with zero attached hydrogens (tertiary/aromatic N) is 2. The number of benzene rings is 1. The minimum Gasteiger partial charge on any atom is -0.399 e. The number of rotatable bonds is 7. The van der Waals surface area contributed by atoms with Crippen LogP contribution in [0.4, 0.5) is 8.78 Å². The number of aromatic nitrogens is 1. The van der Waals surface area contributed by atoms with E-state index in [1.807, 2.05) is 12.1 Å². The average molecular weight is 448 g/mol. The molecule has 9 heteroatoms. The SMILES string of the molecule is COCCOCc1ccc2c(c1)C1CCC(C)(C)N1n1cc(C(=O)OC(F)F)c(=O)cc1-2. The molecule has 1 fully saturated rings. The lowest BCUT2D eigenvalue weighted by molar-refractivity contribution is -0.0907. The molecule has 0 radical (unpaired) electrons. The molecular formula is C23H26F2N2O5. The summed E-state index contributed by atoms with van der Waals surface area (Å²) in [6, 6.07) is 7.30. The molecular weight excluding hydrogens is 422 g/mol. The first kappa shape index (κ1) is 22.4. The normalized spacial score (nSPS) is 18.3. The van der Waals surface area contributed by atoms with E-state index in [9.17, 15) is 18.4 Å². The fourth-order valence-corrected chi connectivity index (χ4v) is 4.62. The van der Waals surface area contributed by atoms with E-state index in [0.717, 1.165) is 29.5 Å². The van der Waals surface area contributed by atoms with Crippen molar-refractivity contribution >= 4 is 5.97 Å². The van der Waals surface area contributed by atoms with Crippen LogP contribution in [0.1, 0.15) is 54.2 Å². The van der Waals surface area contributed by atoms with Gasteiger partial charge in [0.2, 0.25) is 0 Å².